The summed E-state index contributed by atoms with van der Waals surface area (Å²) in [6.07, 6.45) is 5.87. The van der Waals surface area contributed by atoms with Gasteiger partial charge in [0.2, 0.25) is 0 Å². The lowest BCUT2D eigenvalue weighted by Gasteiger charge is -2.37. The van der Waals surface area contributed by atoms with Crippen molar-refractivity contribution >= 4 is 0 Å². The van der Waals surface area contributed by atoms with Gasteiger partial charge in [-0.25, -0.2) is 4.39 Å². The van der Waals surface area contributed by atoms with Crippen LogP contribution in [0.4, 0.5) is 4.39 Å². The van der Waals surface area contributed by atoms with Crippen LogP contribution < -0.4 is 5.73 Å². The molecule has 2 N–H and O–H groups in total. The van der Waals surface area contributed by atoms with Crippen LogP contribution in [0.5, 0.6) is 0 Å². The number of hydrogen-bond acceptors (Lipinski definition) is 3. The molecule has 1 aromatic rings. The Labute approximate surface area is 132 Å². The molecule has 0 aromatic heterocycles. The third kappa shape index (κ3) is 4.28. The average molecular weight is 306 g/mol. The maximum absolute atomic E-state index is 12.9. The average Bonchev–Trinajstić information content (AvgIpc) is 2.54. The van der Waals surface area contributed by atoms with Gasteiger partial charge < -0.3 is 15.4 Å². The standard InChI is InChI=1S/C18H27FN2O/c19-16-5-3-14(4-6-16)12-15-7-9-21(10-8-15)13-18-17(20)2-1-11-22-18/h3-6,15,17-18H,1-2,7-13,20H2. The minimum Gasteiger partial charge on any atom is -0.375 e. The van der Waals surface area contributed by atoms with Crippen LogP contribution in [0.25, 0.3) is 0 Å². The fourth-order valence-corrected chi connectivity index (χ4v) is 3.63. The third-order valence-electron chi connectivity index (χ3n) is 5.07. The molecule has 2 saturated heterocycles. The zero-order chi connectivity index (χ0) is 15.4. The van der Waals surface area contributed by atoms with Crippen LogP contribution in [0.2, 0.25) is 0 Å². The molecule has 1 aromatic carbocycles. The van der Waals surface area contributed by atoms with Crippen molar-refractivity contribution in [2.45, 2.75) is 44.2 Å². The van der Waals surface area contributed by atoms with Crippen LogP contribution in [-0.2, 0) is 11.2 Å². The Morgan fingerprint density at radius 1 is 1.14 bits per heavy atom. The number of ether oxygens (including phenoxy) is 1. The topological polar surface area (TPSA) is 38.5 Å². The van der Waals surface area contributed by atoms with E-state index in [1.807, 2.05) is 12.1 Å². The maximum Gasteiger partial charge on any atom is 0.123 e. The van der Waals surface area contributed by atoms with Crippen molar-refractivity contribution in [1.29, 1.82) is 0 Å². The molecule has 3 rings (SSSR count). The summed E-state index contributed by atoms with van der Waals surface area (Å²) in [6.45, 7) is 4.08. The predicted molar refractivity (Wildman–Crippen MR) is 86.2 cm³/mol. The maximum atomic E-state index is 12.9. The third-order valence-corrected chi connectivity index (χ3v) is 5.07. The van der Waals surface area contributed by atoms with Gasteiger partial charge in [-0.2, -0.15) is 0 Å². The molecule has 22 heavy (non-hydrogen) atoms. The molecule has 0 bridgehead atoms. The van der Waals surface area contributed by atoms with Crippen molar-refractivity contribution in [3.63, 3.8) is 0 Å². The molecule has 0 amide bonds. The zero-order valence-electron chi connectivity index (χ0n) is 13.2. The van der Waals surface area contributed by atoms with Gasteiger partial charge in [0.25, 0.3) is 0 Å². The second kappa shape index (κ2) is 7.53. The zero-order valence-corrected chi connectivity index (χ0v) is 13.2. The lowest BCUT2D eigenvalue weighted by molar-refractivity contribution is -0.0235. The minimum absolute atomic E-state index is 0.151. The first-order chi connectivity index (χ1) is 10.7. The highest BCUT2D eigenvalue weighted by atomic mass is 19.1. The van der Waals surface area contributed by atoms with Gasteiger partial charge in [-0.1, -0.05) is 12.1 Å². The molecule has 2 atom stereocenters. The molecule has 0 radical (unpaired) electrons. The quantitative estimate of drug-likeness (QED) is 0.929. The van der Waals surface area contributed by atoms with Crippen molar-refractivity contribution in [2.24, 2.45) is 11.7 Å². The SMILES string of the molecule is NC1CCCOC1CN1CCC(Cc2ccc(F)cc2)CC1. The molecule has 0 saturated carbocycles. The molecule has 4 heteroatoms. The van der Waals surface area contributed by atoms with Gasteiger partial charge in [0.1, 0.15) is 5.82 Å². The summed E-state index contributed by atoms with van der Waals surface area (Å²) in [5, 5.41) is 0. The minimum atomic E-state index is -0.151. The Morgan fingerprint density at radius 2 is 1.86 bits per heavy atom. The number of benzene rings is 1. The molecule has 0 spiro atoms. The van der Waals surface area contributed by atoms with Crippen molar-refractivity contribution in [3.8, 4) is 0 Å². The number of halogens is 1. The molecule has 2 heterocycles. The van der Waals surface area contributed by atoms with Crippen LogP contribution in [0, 0.1) is 11.7 Å². The van der Waals surface area contributed by atoms with Crippen LogP contribution in [0.15, 0.2) is 24.3 Å². The van der Waals surface area contributed by atoms with E-state index in [2.05, 4.69) is 4.90 Å². The second-order valence-electron chi connectivity index (χ2n) is 6.79. The summed E-state index contributed by atoms with van der Waals surface area (Å²) in [5.41, 5.74) is 7.40. The van der Waals surface area contributed by atoms with E-state index < -0.39 is 0 Å². The molecule has 3 nitrogen and oxygen atoms in total. The normalized spacial score (nSPS) is 27.9. The Balaban J connectivity index is 1.43. The molecule has 0 aliphatic carbocycles. The van der Waals surface area contributed by atoms with Crippen molar-refractivity contribution in [3.05, 3.63) is 35.6 Å². The molecule has 2 aliphatic rings. The van der Waals surface area contributed by atoms with Crippen LogP contribution >= 0.6 is 0 Å². The van der Waals surface area contributed by atoms with E-state index in [0.29, 0.717) is 5.92 Å². The second-order valence-corrected chi connectivity index (χ2v) is 6.79. The van der Waals surface area contributed by atoms with Gasteiger partial charge in [0.05, 0.1) is 6.10 Å². The van der Waals surface area contributed by atoms with E-state index in [1.165, 1.54) is 18.4 Å². The van der Waals surface area contributed by atoms with Crippen molar-refractivity contribution in [1.82, 2.24) is 4.90 Å². The van der Waals surface area contributed by atoms with Crippen molar-refractivity contribution in [2.75, 3.05) is 26.2 Å². The highest BCUT2D eigenvalue weighted by Crippen LogP contribution is 2.23. The summed E-state index contributed by atoms with van der Waals surface area (Å²) in [6, 6.07) is 7.15. The first-order valence-corrected chi connectivity index (χ1v) is 8.54. The Morgan fingerprint density at radius 3 is 2.55 bits per heavy atom. The number of rotatable bonds is 4. The smallest absolute Gasteiger partial charge is 0.123 e. The molecule has 2 unspecified atom stereocenters. The van der Waals surface area contributed by atoms with Crippen molar-refractivity contribution < 1.29 is 9.13 Å². The fraction of sp³-hybridized carbons (Fsp3) is 0.667. The summed E-state index contributed by atoms with van der Waals surface area (Å²) < 4.78 is 18.8. The van der Waals surface area contributed by atoms with E-state index in [4.69, 9.17) is 10.5 Å². The van der Waals surface area contributed by atoms with Gasteiger partial charge in [-0.3, -0.25) is 0 Å². The van der Waals surface area contributed by atoms with Crippen LogP contribution in [0.1, 0.15) is 31.2 Å². The van der Waals surface area contributed by atoms with E-state index in [9.17, 15) is 4.39 Å². The van der Waals surface area contributed by atoms with E-state index in [0.717, 1.165) is 45.5 Å². The Hall–Kier alpha value is -0.970. The number of piperidine rings is 1. The number of likely N-dealkylation sites (tertiary alicyclic amines) is 1. The first kappa shape index (κ1) is 15.9. The van der Waals surface area contributed by atoms with E-state index >= 15 is 0 Å². The monoisotopic (exact) mass is 306 g/mol. The van der Waals surface area contributed by atoms with E-state index in [-0.39, 0.29) is 18.0 Å². The summed E-state index contributed by atoms with van der Waals surface area (Å²) >= 11 is 0. The lowest BCUT2D eigenvalue weighted by atomic mass is 9.90. The summed E-state index contributed by atoms with van der Waals surface area (Å²) in [7, 11) is 0. The number of nitrogens with zero attached hydrogens (tertiary/aromatic N) is 1. The number of hydrogen-bond donors (Lipinski definition) is 1. The molecule has 2 fully saturated rings. The molecular weight excluding hydrogens is 279 g/mol. The predicted octanol–water partition coefficient (Wildman–Crippen LogP) is 2.59. The highest BCUT2D eigenvalue weighted by Gasteiger charge is 2.27. The lowest BCUT2D eigenvalue weighted by Crippen LogP contribution is -2.49. The summed E-state index contributed by atoms with van der Waals surface area (Å²) in [4.78, 5) is 2.50. The number of nitrogens with two attached hydrogens (primary N) is 1. The molecular formula is C18H27FN2O. The molecule has 122 valence electrons. The Bertz CT molecular complexity index is 457. The first-order valence-electron chi connectivity index (χ1n) is 8.54. The van der Waals surface area contributed by atoms with Gasteiger partial charge in [0, 0.05) is 19.2 Å². The van der Waals surface area contributed by atoms with Gasteiger partial charge in [-0.05, 0) is 68.8 Å². The summed E-state index contributed by atoms with van der Waals surface area (Å²) in [5.74, 6) is 0.560. The Kier molecular flexibility index (Phi) is 5.45. The van der Waals surface area contributed by atoms with Gasteiger partial charge in [-0.15, -0.1) is 0 Å². The fourth-order valence-electron chi connectivity index (χ4n) is 3.63. The van der Waals surface area contributed by atoms with Crippen LogP contribution in [0.3, 0.4) is 0 Å². The highest BCUT2D eigenvalue weighted by molar-refractivity contribution is 5.16. The van der Waals surface area contributed by atoms with Gasteiger partial charge in [0.15, 0.2) is 0 Å². The largest absolute Gasteiger partial charge is 0.375 e. The van der Waals surface area contributed by atoms with E-state index in [1.54, 1.807) is 12.1 Å². The van der Waals surface area contributed by atoms with Crippen LogP contribution in [-0.4, -0.2) is 43.3 Å². The molecule has 2 aliphatic heterocycles. The van der Waals surface area contributed by atoms with Gasteiger partial charge >= 0.3 is 0 Å².